The van der Waals surface area contributed by atoms with Crippen LogP contribution in [0.1, 0.15) is 11.3 Å². The van der Waals surface area contributed by atoms with Crippen molar-refractivity contribution in [2.45, 2.75) is 13.3 Å². The molecule has 0 radical (unpaired) electrons. The van der Waals surface area contributed by atoms with Crippen LogP contribution in [0.5, 0.6) is 0 Å². The largest absolute Gasteiger partial charge is 0.332 e. The number of hydrogen-bond donors (Lipinski definition) is 2. The maximum absolute atomic E-state index is 12.1. The minimum absolute atomic E-state index is 0.145. The zero-order valence-electron chi connectivity index (χ0n) is 13.2. The summed E-state index contributed by atoms with van der Waals surface area (Å²) in [5, 5.41) is 7.04. The van der Waals surface area contributed by atoms with Gasteiger partial charge in [-0.2, -0.15) is 0 Å². The number of pyridine rings is 1. The summed E-state index contributed by atoms with van der Waals surface area (Å²) in [4.78, 5) is 16.6. The van der Waals surface area contributed by atoms with Gasteiger partial charge in [0, 0.05) is 16.8 Å². The van der Waals surface area contributed by atoms with Gasteiger partial charge in [0.25, 0.3) is 0 Å². The van der Waals surface area contributed by atoms with Crippen molar-refractivity contribution in [2.24, 2.45) is 0 Å². The fourth-order valence-corrected chi connectivity index (χ4v) is 2.70. The highest BCUT2D eigenvalue weighted by molar-refractivity contribution is 7.80. The van der Waals surface area contributed by atoms with Crippen LogP contribution in [0, 0.1) is 6.92 Å². The topological polar surface area (TPSA) is 54.0 Å². The number of aromatic nitrogens is 1. The quantitative estimate of drug-likeness (QED) is 0.718. The zero-order chi connectivity index (χ0) is 16.9. The summed E-state index contributed by atoms with van der Waals surface area (Å²) in [6.45, 7) is 1.95. The number of amides is 1. The number of benzene rings is 2. The summed E-state index contributed by atoms with van der Waals surface area (Å²) in [5.74, 6) is -0.145. The standard InChI is InChI=1S/C19H17N3OS/c1-13-10-11-15-16(20-13)8-5-9-17(15)21-19(24)22-18(23)12-14-6-3-2-4-7-14/h2-11H,12H2,1H3,(H2,21,22,23,24). The molecule has 0 saturated heterocycles. The lowest BCUT2D eigenvalue weighted by atomic mass is 10.1. The Morgan fingerprint density at radius 1 is 1.04 bits per heavy atom. The van der Waals surface area contributed by atoms with E-state index in [0.29, 0.717) is 6.42 Å². The molecule has 0 spiro atoms. The third kappa shape index (κ3) is 3.94. The molecule has 1 amide bonds. The lowest BCUT2D eigenvalue weighted by molar-refractivity contribution is -0.119. The molecule has 4 nitrogen and oxygen atoms in total. The fraction of sp³-hybridized carbons (Fsp3) is 0.105. The van der Waals surface area contributed by atoms with Crippen LogP contribution in [0.25, 0.3) is 10.9 Å². The maximum Gasteiger partial charge on any atom is 0.230 e. The van der Waals surface area contributed by atoms with Crippen molar-refractivity contribution in [1.29, 1.82) is 0 Å². The first-order valence-electron chi connectivity index (χ1n) is 7.63. The Morgan fingerprint density at radius 2 is 1.83 bits per heavy atom. The predicted octanol–water partition coefficient (Wildman–Crippen LogP) is 3.60. The molecule has 0 bridgehead atoms. The first-order chi connectivity index (χ1) is 11.6. The third-order valence-corrected chi connectivity index (χ3v) is 3.78. The number of aryl methyl sites for hydroxylation is 1. The van der Waals surface area contributed by atoms with E-state index in [4.69, 9.17) is 12.2 Å². The summed E-state index contributed by atoms with van der Waals surface area (Å²) < 4.78 is 0. The van der Waals surface area contributed by atoms with Gasteiger partial charge in [-0.15, -0.1) is 0 Å². The number of carbonyl (C=O) groups is 1. The minimum atomic E-state index is -0.145. The molecule has 0 aliphatic carbocycles. The molecule has 0 saturated carbocycles. The van der Waals surface area contributed by atoms with E-state index in [2.05, 4.69) is 15.6 Å². The molecule has 0 aliphatic rings. The van der Waals surface area contributed by atoms with E-state index >= 15 is 0 Å². The van der Waals surface area contributed by atoms with Gasteiger partial charge < -0.3 is 10.6 Å². The van der Waals surface area contributed by atoms with Crippen LogP contribution in [0.3, 0.4) is 0 Å². The van der Waals surface area contributed by atoms with Crippen LogP contribution < -0.4 is 10.6 Å². The molecule has 120 valence electrons. The number of hydrogen-bond acceptors (Lipinski definition) is 3. The monoisotopic (exact) mass is 335 g/mol. The van der Waals surface area contributed by atoms with E-state index in [1.54, 1.807) is 0 Å². The second-order valence-electron chi connectivity index (χ2n) is 5.49. The Bertz CT molecular complexity index is 894. The molecule has 1 aromatic heterocycles. The van der Waals surface area contributed by atoms with Gasteiger partial charge in [0.2, 0.25) is 5.91 Å². The molecular formula is C19H17N3OS. The molecule has 0 unspecified atom stereocenters. The molecule has 2 N–H and O–H groups in total. The summed E-state index contributed by atoms with van der Waals surface area (Å²) in [7, 11) is 0. The number of carbonyl (C=O) groups excluding carboxylic acids is 1. The number of nitrogens with zero attached hydrogens (tertiary/aromatic N) is 1. The molecule has 1 heterocycles. The van der Waals surface area contributed by atoms with Crippen LogP contribution in [0.4, 0.5) is 5.69 Å². The van der Waals surface area contributed by atoms with Crippen LogP contribution in [-0.2, 0) is 11.2 Å². The van der Waals surface area contributed by atoms with Crippen LogP contribution in [0.15, 0.2) is 60.7 Å². The summed E-state index contributed by atoms with van der Waals surface area (Å²) in [5.41, 5.74) is 3.62. The number of fused-ring (bicyclic) bond motifs is 1. The molecular weight excluding hydrogens is 318 g/mol. The van der Waals surface area contributed by atoms with Crippen molar-refractivity contribution < 1.29 is 4.79 Å². The Kier molecular flexibility index (Phi) is 4.82. The molecule has 0 aliphatic heterocycles. The molecule has 0 atom stereocenters. The number of thiocarbonyl (C=S) groups is 1. The molecule has 0 fully saturated rings. The highest BCUT2D eigenvalue weighted by Gasteiger charge is 2.08. The third-order valence-electron chi connectivity index (χ3n) is 3.58. The van der Waals surface area contributed by atoms with Gasteiger partial charge in [-0.1, -0.05) is 36.4 Å². The van der Waals surface area contributed by atoms with Crippen molar-refractivity contribution in [1.82, 2.24) is 10.3 Å². The lowest BCUT2D eigenvalue weighted by Gasteiger charge is -2.12. The zero-order valence-corrected chi connectivity index (χ0v) is 14.1. The van der Waals surface area contributed by atoms with Gasteiger partial charge in [-0.25, -0.2) is 0 Å². The Labute approximate surface area is 145 Å². The van der Waals surface area contributed by atoms with Crippen molar-refractivity contribution in [3.05, 3.63) is 71.9 Å². The van der Waals surface area contributed by atoms with Crippen LogP contribution in [-0.4, -0.2) is 16.0 Å². The first kappa shape index (κ1) is 16.1. The second kappa shape index (κ2) is 7.19. The van der Waals surface area contributed by atoms with Gasteiger partial charge in [0.15, 0.2) is 5.11 Å². The highest BCUT2D eigenvalue weighted by atomic mass is 32.1. The maximum atomic E-state index is 12.1. The van der Waals surface area contributed by atoms with Crippen LogP contribution in [0.2, 0.25) is 0 Å². The van der Waals surface area contributed by atoms with E-state index < -0.39 is 0 Å². The molecule has 3 rings (SSSR count). The SMILES string of the molecule is Cc1ccc2c(NC(=S)NC(=O)Cc3ccccc3)cccc2n1. The normalized spacial score (nSPS) is 10.4. The fourth-order valence-electron chi connectivity index (χ4n) is 2.47. The summed E-state index contributed by atoms with van der Waals surface area (Å²) in [6.07, 6.45) is 0.291. The number of anilines is 1. The Morgan fingerprint density at radius 3 is 2.62 bits per heavy atom. The predicted molar refractivity (Wildman–Crippen MR) is 101 cm³/mol. The van der Waals surface area contributed by atoms with Crippen molar-refractivity contribution >= 4 is 39.8 Å². The van der Waals surface area contributed by atoms with Gasteiger partial charge in [-0.3, -0.25) is 9.78 Å². The number of nitrogens with one attached hydrogen (secondary N) is 2. The van der Waals surface area contributed by atoms with Gasteiger partial charge in [0.05, 0.1) is 11.9 Å². The van der Waals surface area contributed by atoms with Gasteiger partial charge in [-0.05, 0) is 49.0 Å². The average Bonchev–Trinajstić information content (AvgIpc) is 2.55. The van der Waals surface area contributed by atoms with Crippen molar-refractivity contribution in [2.75, 3.05) is 5.32 Å². The van der Waals surface area contributed by atoms with E-state index in [1.807, 2.05) is 67.6 Å². The van der Waals surface area contributed by atoms with E-state index in [0.717, 1.165) is 27.8 Å². The van der Waals surface area contributed by atoms with Gasteiger partial charge >= 0.3 is 0 Å². The van der Waals surface area contributed by atoms with Crippen molar-refractivity contribution in [3.63, 3.8) is 0 Å². The molecule has 24 heavy (non-hydrogen) atoms. The van der Waals surface area contributed by atoms with E-state index in [1.165, 1.54) is 0 Å². The van der Waals surface area contributed by atoms with Crippen LogP contribution >= 0.6 is 12.2 Å². The molecule has 2 aromatic carbocycles. The molecule has 3 aromatic rings. The smallest absolute Gasteiger partial charge is 0.230 e. The average molecular weight is 335 g/mol. The second-order valence-corrected chi connectivity index (χ2v) is 5.90. The first-order valence-corrected chi connectivity index (χ1v) is 8.04. The minimum Gasteiger partial charge on any atom is -0.332 e. The Balaban J connectivity index is 1.68. The summed E-state index contributed by atoms with van der Waals surface area (Å²) in [6, 6.07) is 19.3. The summed E-state index contributed by atoms with van der Waals surface area (Å²) >= 11 is 5.25. The van der Waals surface area contributed by atoms with E-state index in [9.17, 15) is 4.79 Å². The lowest BCUT2D eigenvalue weighted by Crippen LogP contribution is -2.35. The highest BCUT2D eigenvalue weighted by Crippen LogP contribution is 2.22. The Hall–Kier alpha value is -2.79. The van der Waals surface area contributed by atoms with Crippen molar-refractivity contribution in [3.8, 4) is 0 Å². The van der Waals surface area contributed by atoms with E-state index in [-0.39, 0.29) is 11.0 Å². The number of rotatable bonds is 3. The van der Waals surface area contributed by atoms with Gasteiger partial charge in [0.1, 0.15) is 0 Å². The molecule has 5 heteroatoms.